The molecule has 0 aliphatic heterocycles. The molecule has 1 aromatic rings. The van der Waals surface area contributed by atoms with E-state index in [1.807, 2.05) is 0 Å². The number of benzene rings is 1. The number of aliphatic imine (C=N–C) groups is 1. The second kappa shape index (κ2) is 5.53. The Morgan fingerprint density at radius 3 is 2.56 bits per heavy atom. The standard InChI is InChI=1S/C13H18N2O3/c1-13(2,3)18-12(16)15-11(14)9-6-5-7-10(8-9)17-4/h5-8H,1-4H3,(H2,14,15,16). The minimum absolute atomic E-state index is 0.100. The van der Waals surface area contributed by atoms with Crippen LogP contribution in [0.15, 0.2) is 29.3 Å². The molecule has 1 rings (SSSR count). The number of ether oxygens (including phenoxy) is 2. The number of hydrogen-bond acceptors (Lipinski definition) is 3. The van der Waals surface area contributed by atoms with Crippen molar-refractivity contribution in [1.82, 2.24) is 0 Å². The van der Waals surface area contributed by atoms with E-state index in [2.05, 4.69) is 4.99 Å². The molecule has 0 fully saturated rings. The van der Waals surface area contributed by atoms with Gasteiger partial charge in [-0.3, -0.25) is 0 Å². The van der Waals surface area contributed by atoms with Gasteiger partial charge in [0.1, 0.15) is 17.2 Å². The fourth-order valence-corrected chi connectivity index (χ4v) is 1.23. The van der Waals surface area contributed by atoms with E-state index >= 15 is 0 Å². The van der Waals surface area contributed by atoms with Gasteiger partial charge in [-0.15, -0.1) is 0 Å². The molecule has 18 heavy (non-hydrogen) atoms. The van der Waals surface area contributed by atoms with Gasteiger partial charge in [0.2, 0.25) is 0 Å². The molecule has 0 aliphatic carbocycles. The van der Waals surface area contributed by atoms with Gasteiger partial charge < -0.3 is 15.2 Å². The second-order valence-corrected chi connectivity index (χ2v) is 4.71. The average molecular weight is 250 g/mol. The number of carbonyl (C=O) groups is 1. The van der Waals surface area contributed by atoms with Gasteiger partial charge in [-0.1, -0.05) is 12.1 Å². The topological polar surface area (TPSA) is 73.9 Å². The van der Waals surface area contributed by atoms with Crippen molar-refractivity contribution in [3.8, 4) is 5.75 Å². The van der Waals surface area contributed by atoms with Crippen LogP contribution >= 0.6 is 0 Å². The lowest BCUT2D eigenvalue weighted by molar-refractivity contribution is 0.0604. The van der Waals surface area contributed by atoms with Gasteiger partial charge >= 0.3 is 6.09 Å². The van der Waals surface area contributed by atoms with Crippen LogP contribution in [0, 0.1) is 0 Å². The normalized spacial score (nSPS) is 12.1. The number of nitrogens with zero attached hydrogens (tertiary/aromatic N) is 1. The predicted molar refractivity (Wildman–Crippen MR) is 70.0 cm³/mol. The molecule has 0 atom stereocenters. The molecule has 0 spiro atoms. The predicted octanol–water partition coefficient (Wildman–Crippen LogP) is 2.34. The number of amides is 1. The molecule has 5 nitrogen and oxygen atoms in total. The molecule has 0 saturated heterocycles. The van der Waals surface area contributed by atoms with E-state index < -0.39 is 11.7 Å². The molecule has 5 heteroatoms. The highest BCUT2D eigenvalue weighted by Crippen LogP contribution is 2.13. The number of nitrogens with two attached hydrogens (primary N) is 1. The Morgan fingerprint density at radius 1 is 1.33 bits per heavy atom. The largest absolute Gasteiger partial charge is 0.497 e. The second-order valence-electron chi connectivity index (χ2n) is 4.71. The summed E-state index contributed by atoms with van der Waals surface area (Å²) < 4.78 is 10.1. The van der Waals surface area contributed by atoms with Crippen LogP contribution in [-0.2, 0) is 4.74 Å². The van der Waals surface area contributed by atoms with Gasteiger partial charge in [0.25, 0.3) is 0 Å². The van der Waals surface area contributed by atoms with Crippen LogP contribution in [0.2, 0.25) is 0 Å². The van der Waals surface area contributed by atoms with Crippen LogP contribution in [0.3, 0.4) is 0 Å². The molecule has 98 valence electrons. The first-order chi connectivity index (χ1) is 8.31. The summed E-state index contributed by atoms with van der Waals surface area (Å²) in [4.78, 5) is 15.2. The third kappa shape index (κ3) is 4.45. The zero-order valence-corrected chi connectivity index (χ0v) is 11.1. The lowest BCUT2D eigenvalue weighted by Gasteiger charge is -2.17. The van der Waals surface area contributed by atoms with Gasteiger partial charge in [0.15, 0.2) is 0 Å². The van der Waals surface area contributed by atoms with Gasteiger partial charge in [-0.05, 0) is 32.9 Å². The molecule has 0 saturated carbocycles. The molecule has 0 aromatic heterocycles. The van der Waals surface area contributed by atoms with Crippen molar-refractivity contribution < 1.29 is 14.3 Å². The molecule has 0 radical (unpaired) electrons. The molecule has 1 aromatic carbocycles. The number of hydrogen-bond donors (Lipinski definition) is 1. The van der Waals surface area contributed by atoms with Crippen LogP contribution in [0.5, 0.6) is 5.75 Å². The lowest BCUT2D eigenvalue weighted by atomic mass is 10.2. The fourth-order valence-electron chi connectivity index (χ4n) is 1.23. The third-order valence-corrected chi connectivity index (χ3v) is 1.97. The third-order valence-electron chi connectivity index (χ3n) is 1.97. The quantitative estimate of drug-likeness (QED) is 0.645. The Labute approximate surface area is 107 Å². The zero-order chi connectivity index (χ0) is 13.8. The lowest BCUT2D eigenvalue weighted by Crippen LogP contribution is -2.24. The Hall–Kier alpha value is -2.04. The van der Waals surface area contributed by atoms with E-state index in [1.165, 1.54) is 0 Å². The number of rotatable bonds is 2. The number of methoxy groups -OCH3 is 1. The molecule has 1 amide bonds. The highest BCUT2D eigenvalue weighted by atomic mass is 16.6. The van der Waals surface area contributed by atoms with E-state index in [0.29, 0.717) is 11.3 Å². The van der Waals surface area contributed by atoms with Crippen LogP contribution in [0.1, 0.15) is 26.3 Å². The van der Waals surface area contributed by atoms with E-state index in [4.69, 9.17) is 15.2 Å². The van der Waals surface area contributed by atoms with Crippen molar-refractivity contribution in [2.24, 2.45) is 10.7 Å². The first kappa shape index (κ1) is 14.0. The van der Waals surface area contributed by atoms with Gasteiger partial charge in [0, 0.05) is 5.56 Å². The maximum absolute atomic E-state index is 11.5. The van der Waals surface area contributed by atoms with E-state index in [0.717, 1.165) is 0 Å². The molecule has 0 unspecified atom stereocenters. The van der Waals surface area contributed by atoms with E-state index in [-0.39, 0.29) is 5.84 Å². The van der Waals surface area contributed by atoms with Crippen molar-refractivity contribution in [2.75, 3.05) is 7.11 Å². The van der Waals surface area contributed by atoms with E-state index in [1.54, 1.807) is 52.1 Å². The summed E-state index contributed by atoms with van der Waals surface area (Å²) in [5.41, 5.74) is 5.76. The molecular formula is C13H18N2O3. The summed E-state index contributed by atoms with van der Waals surface area (Å²) in [5, 5.41) is 0. The Kier molecular flexibility index (Phi) is 4.31. The summed E-state index contributed by atoms with van der Waals surface area (Å²) in [7, 11) is 1.56. The Bertz CT molecular complexity index is 462. The Morgan fingerprint density at radius 2 is 2.00 bits per heavy atom. The summed E-state index contributed by atoms with van der Waals surface area (Å²) in [6.45, 7) is 5.30. The van der Waals surface area contributed by atoms with Crippen molar-refractivity contribution in [2.45, 2.75) is 26.4 Å². The summed E-state index contributed by atoms with van der Waals surface area (Å²) in [5.74, 6) is 0.748. The maximum atomic E-state index is 11.5. The first-order valence-corrected chi connectivity index (χ1v) is 5.53. The molecule has 0 bridgehead atoms. The fraction of sp³-hybridized carbons (Fsp3) is 0.385. The van der Waals surface area contributed by atoms with Crippen molar-refractivity contribution in [3.63, 3.8) is 0 Å². The molecule has 0 aliphatic rings. The number of amidine groups is 1. The van der Waals surface area contributed by atoms with Crippen LogP contribution in [0.25, 0.3) is 0 Å². The smallest absolute Gasteiger partial charge is 0.436 e. The monoisotopic (exact) mass is 250 g/mol. The summed E-state index contributed by atoms with van der Waals surface area (Å²) in [6, 6.07) is 6.99. The van der Waals surface area contributed by atoms with Crippen molar-refractivity contribution in [1.29, 1.82) is 0 Å². The average Bonchev–Trinajstić information content (AvgIpc) is 2.26. The highest BCUT2D eigenvalue weighted by Gasteiger charge is 2.16. The minimum Gasteiger partial charge on any atom is -0.497 e. The SMILES string of the molecule is COc1cccc(/C(N)=N/C(=O)OC(C)(C)C)c1. The highest BCUT2D eigenvalue weighted by molar-refractivity contribution is 6.03. The van der Waals surface area contributed by atoms with Gasteiger partial charge in [-0.25, -0.2) is 4.79 Å². The summed E-state index contributed by atoms with van der Waals surface area (Å²) in [6.07, 6.45) is -0.706. The van der Waals surface area contributed by atoms with Crippen molar-refractivity contribution in [3.05, 3.63) is 29.8 Å². The summed E-state index contributed by atoms with van der Waals surface area (Å²) >= 11 is 0. The Balaban J connectivity index is 2.85. The zero-order valence-electron chi connectivity index (χ0n) is 11.1. The van der Waals surface area contributed by atoms with Gasteiger partial charge in [0.05, 0.1) is 7.11 Å². The van der Waals surface area contributed by atoms with Crippen LogP contribution in [0.4, 0.5) is 4.79 Å². The van der Waals surface area contributed by atoms with E-state index in [9.17, 15) is 4.79 Å². The first-order valence-electron chi connectivity index (χ1n) is 5.53. The molecular weight excluding hydrogens is 232 g/mol. The van der Waals surface area contributed by atoms with Crippen LogP contribution < -0.4 is 10.5 Å². The van der Waals surface area contributed by atoms with Crippen LogP contribution in [-0.4, -0.2) is 24.6 Å². The maximum Gasteiger partial charge on any atom is 0.436 e. The minimum atomic E-state index is -0.706. The number of carbonyl (C=O) groups excluding carboxylic acids is 1. The molecule has 2 N–H and O–H groups in total. The molecule has 0 heterocycles. The van der Waals surface area contributed by atoms with Gasteiger partial charge in [-0.2, -0.15) is 4.99 Å². The van der Waals surface area contributed by atoms with Crippen molar-refractivity contribution >= 4 is 11.9 Å².